The maximum Gasteiger partial charge on any atom is 0.264 e. The van der Waals surface area contributed by atoms with Crippen molar-refractivity contribution in [2.75, 3.05) is 24.1 Å². The van der Waals surface area contributed by atoms with E-state index in [9.17, 15) is 8.42 Å². The van der Waals surface area contributed by atoms with E-state index in [2.05, 4.69) is 6.58 Å². The molecule has 3 rings (SSSR count). The van der Waals surface area contributed by atoms with Gasteiger partial charge in [0.1, 0.15) is 13.2 Å². The second-order valence-electron chi connectivity index (χ2n) is 5.56. The molecule has 0 N–H and O–H groups in total. The molecule has 0 aromatic heterocycles. The molecule has 1 heterocycles. The minimum Gasteiger partial charge on any atom is -0.486 e. The van der Waals surface area contributed by atoms with Crippen LogP contribution in [0.4, 0.5) is 5.69 Å². The number of ether oxygens (including phenoxy) is 2. The largest absolute Gasteiger partial charge is 0.486 e. The van der Waals surface area contributed by atoms with Crippen molar-refractivity contribution in [3.05, 3.63) is 59.6 Å². The zero-order valence-electron chi connectivity index (χ0n) is 13.7. The first-order chi connectivity index (χ1) is 11.9. The van der Waals surface area contributed by atoms with E-state index in [1.165, 1.54) is 22.5 Å². The summed E-state index contributed by atoms with van der Waals surface area (Å²) in [5.41, 5.74) is 1.35. The van der Waals surface area contributed by atoms with Gasteiger partial charge in [0, 0.05) is 11.1 Å². The lowest BCUT2D eigenvalue weighted by Crippen LogP contribution is -2.31. The number of rotatable bonds is 5. The molecule has 0 bridgehead atoms. The summed E-state index contributed by atoms with van der Waals surface area (Å²) in [7, 11) is -3.81. The van der Waals surface area contributed by atoms with Gasteiger partial charge in [-0.2, -0.15) is 0 Å². The van der Waals surface area contributed by atoms with E-state index in [4.69, 9.17) is 21.1 Å². The van der Waals surface area contributed by atoms with Crippen molar-refractivity contribution in [2.45, 2.75) is 11.8 Å². The summed E-state index contributed by atoms with van der Waals surface area (Å²) in [5, 5.41) is 0.504. The molecular formula is C18H18ClNO4S. The molecule has 1 aliphatic rings. The van der Waals surface area contributed by atoms with E-state index in [1.54, 1.807) is 24.3 Å². The summed E-state index contributed by atoms with van der Waals surface area (Å²) in [6.07, 6.45) is 1.53. The molecule has 1 aliphatic heterocycles. The molecule has 0 unspecified atom stereocenters. The third-order valence-electron chi connectivity index (χ3n) is 3.84. The molecule has 0 radical (unpaired) electrons. The van der Waals surface area contributed by atoms with Crippen molar-refractivity contribution in [2.24, 2.45) is 0 Å². The third kappa shape index (κ3) is 3.45. The average molecular weight is 380 g/mol. The lowest BCUT2D eigenvalue weighted by Gasteiger charge is -2.25. The molecule has 132 valence electrons. The van der Waals surface area contributed by atoms with Crippen molar-refractivity contribution >= 4 is 27.3 Å². The van der Waals surface area contributed by atoms with Gasteiger partial charge in [0.15, 0.2) is 11.5 Å². The number of sulfonamides is 1. The van der Waals surface area contributed by atoms with Gasteiger partial charge >= 0.3 is 0 Å². The second-order valence-corrected chi connectivity index (χ2v) is 7.83. The fourth-order valence-electron chi connectivity index (χ4n) is 2.51. The van der Waals surface area contributed by atoms with Gasteiger partial charge in [-0.3, -0.25) is 4.31 Å². The number of hydrogen-bond acceptors (Lipinski definition) is 4. The maximum absolute atomic E-state index is 13.1. The Kier molecular flexibility index (Phi) is 4.92. The highest BCUT2D eigenvalue weighted by atomic mass is 35.5. The monoisotopic (exact) mass is 379 g/mol. The van der Waals surface area contributed by atoms with Gasteiger partial charge < -0.3 is 9.47 Å². The molecule has 2 aromatic carbocycles. The Morgan fingerprint density at radius 3 is 2.56 bits per heavy atom. The van der Waals surface area contributed by atoms with Crippen LogP contribution in [0.15, 0.2) is 53.9 Å². The summed E-state index contributed by atoms with van der Waals surface area (Å²) < 4.78 is 38.5. The van der Waals surface area contributed by atoms with E-state index in [-0.39, 0.29) is 11.4 Å². The van der Waals surface area contributed by atoms with Crippen LogP contribution in [0.1, 0.15) is 5.56 Å². The SMILES string of the molecule is C=CCN(c1ccc(C)c(Cl)c1)S(=O)(=O)c1ccc2c(c1)OCCO2. The summed E-state index contributed by atoms with van der Waals surface area (Å²) in [4.78, 5) is 0.121. The third-order valence-corrected chi connectivity index (χ3v) is 6.04. The molecule has 0 saturated heterocycles. The van der Waals surface area contributed by atoms with E-state index < -0.39 is 10.0 Å². The quantitative estimate of drug-likeness (QED) is 0.741. The minimum atomic E-state index is -3.81. The Morgan fingerprint density at radius 2 is 1.88 bits per heavy atom. The van der Waals surface area contributed by atoms with Gasteiger partial charge in [0.2, 0.25) is 0 Å². The molecule has 0 spiro atoms. The smallest absolute Gasteiger partial charge is 0.264 e. The number of hydrogen-bond donors (Lipinski definition) is 0. The fraction of sp³-hybridized carbons (Fsp3) is 0.222. The Bertz CT molecular complexity index is 911. The Labute approximate surface area is 152 Å². The van der Waals surface area contributed by atoms with Crippen molar-refractivity contribution in [1.29, 1.82) is 0 Å². The second kappa shape index (κ2) is 6.98. The zero-order valence-corrected chi connectivity index (χ0v) is 15.3. The van der Waals surface area contributed by atoms with E-state index in [1.807, 2.05) is 6.92 Å². The van der Waals surface area contributed by atoms with Gasteiger partial charge in [0.25, 0.3) is 10.0 Å². The van der Waals surface area contributed by atoms with Crippen LogP contribution in [-0.2, 0) is 10.0 Å². The number of aryl methyl sites for hydroxylation is 1. The molecule has 0 fully saturated rings. The molecule has 7 heteroatoms. The summed E-state index contributed by atoms with van der Waals surface area (Å²) >= 11 is 6.17. The Balaban J connectivity index is 2.05. The summed E-state index contributed by atoms with van der Waals surface area (Å²) in [5.74, 6) is 0.965. The standard InChI is InChI=1S/C18H18ClNO4S/c1-3-8-20(14-5-4-13(2)16(19)11-14)25(21,22)15-6-7-17-18(12-15)24-10-9-23-17/h3-7,11-12H,1,8-10H2,2H3. The molecule has 0 amide bonds. The number of anilines is 1. The minimum absolute atomic E-state index is 0.121. The fourth-order valence-corrected chi connectivity index (χ4v) is 4.13. The molecule has 0 aliphatic carbocycles. The highest BCUT2D eigenvalue weighted by Crippen LogP contribution is 2.34. The van der Waals surface area contributed by atoms with Crippen LogP contribution in [0, 0.1) is 6.92 Å². The van der Waals surface area contributed by atoms with Gasteiger partial charge in [-0.25, -0.2) is 8.42 Å². The predicted molar refractivity (Wildman–Crippen MR) is 98.3 cm³/mol. The molecule has 5 nitrogen and oxygen atoms in total. The van der Waals surface area contributed by atoms with E-state index >= 15 is 0 Å². The summed E-state index contributed by atoms with van der Waals surface area (Å²) in [6.45, 7) is 6.48. The normalized spacial score (nSPS) is 13.4. The van der Waals surface area contributed by atoms with Crippen molar-refractivity contribution in [3.8, 4) is 11.5 Å². The van der Waals surface area contributed by atoms with Crippen molar-refractivity contribution in [1.82, 2.24) is 0 Å². The summed E-state index contributed by atoms with van der Waals surface area (Å²) in [6, 6.07) is 9.74. The lowest BCUT2D eigenvalue weighted by atomic mass is 10.2. The van der Waals surface area contributed by atoms with Crippen LogP contribution < -0.4 is 13.8 Å². The van der Waals surface area contributed by atoms with Gasteiger partial charge in [-0.1, -0.05) is 23.7 Å². The van der Waals surface area contributed by atoms with Gasteiger partial charge in [-0.05, 0) is 36.8 Å². The number of fused-ring (bicyclic) bond motifs is 1. The number of nitrogens with zero attached hydrogens (tertiary/aromatic N) is 1. The molecule has 2 aromatic rings. The van der Waals surface area contributed by atoms with Crippen molar-refractivity contribution in [3.63, 3.8) is 0 Å². The maximum atomic E-state index is 13.1. The highest BCUT2D eigenvalue weighted by molar-refractivity contribution is 7.92. The Hall–Kier alpha value is -2.18. The first-order valence-electron chi connectivity index (χ1n) is 7.73. The molecule has 0 saturated carbocycles. The lowest BCUT2D eigenvalue weighted by molar-refractivity contribution is 0.171. The van der Waals surface area contributed by atoms with Gasteiger partial charge in [0.05, 0.1) is 17.1 Å². The zero-order chi connectivity index (χ0) is 18.0. The topological polar surface area (TPSA) is 55.8 Å². The number of benzene rings is 2. The van der Waals surface area contributed by atoms with Crippen LogP contribution in [0.3, 0.4) is 0 Å². The van der Waals surface area contributed by atoms with Crippen LogP contribution >= 0.6 is 11.6 Å². The van der Waals surface area contributed by atoms with E-state index in [0.29, 0.717) is 35.4 Å². The Morgan fingerprint density at radius 1 is 1.16 bits per heavy atom. The molecule has 25 heavy (non-hydrogen) atoms. The predicted octanol–water partition coefficient (Wildman–Crippen LogP) is 3.80. The average Bonchev–Trinajstić information content (AvgIpc) is 2.61. The van der Waals surface area contributed by atoms with E-state index in [0.717, 1.165) is 5.56 Å². The highest BCUT2D eigenvalue weighted by Gasteiger charge is 2.26. The number of halogens is 1. The molecular weight excluding hydrogens is 362 g/mol. The van der Waals surface area contributed by atoms with Gasteiger partial charge in [-0.15, -0.1) is 6.58 Å². The van der Waals surface area contributed by atoms with Crippen LogP contribution in [0.25, 0.3) is 0 Å². The van der Waals surface area contributed by atoms with Crippen LogP contribution in [-0.4, -0.2) is 28.2 Å². The first-order valence-corrected chi connectivity index (χ1v) is 9.55. The first kappa shape index (κ1) is 17.6. The van der Waals surface area contributed by atoms with Crippen LogP contribution in [0.2, 0.25) is 5.02 Å². The van der Waals surface area contributed by atoms with Crippen molar-refractivity contribution < 1.29 is 17.9 Å². The molecule has 0 atom stereocenters. The van der Waals surface area contributed by atoms with Crippen LogP contribution in [0.5, 0.6) is 11.5 Å².